The topological polar surface area (TPSA) is 61.4 Å². The maximum atomic E-state index is 12.7. The summed E-state index contributed by atoms with van der Waals surface area (Å²) in [6.07, 6.45) is 1.77. The zero-order valence-electron chi connectivity index (χ0n) is 18.7. The Bertz CT molecular complexity index is 1260. The predicted molar refractivity (Wildman–Crippen MR) is 133 cm³/mol. The van der Waals surface area contributed by atoms with Crippen molar-refractivity contribution < 1.29 is 4.79 Å². The van der Waals surface area contributed by atoms with E-state index >= 15 is 0 Å². The summed E-state index contributed by atoms with van der Waals surface area (Å²) >= 11 is 0. The van der Waals surface area contributed by atoms with E-state index in [0.717, 1.165) is 54.2 Å². The van der Waals surface area contributed by atoms with Gasteiger partial charge in [0.05, 0.1) is 29.5 Å². The lowest BCUT2D eigenvalue weighted by molar-refractivity contribution is -0.117. The van der Waals surface area contributed by atoms with Crippen molar-refractivity contribution in [3.8, 4) is 11.3 Å². The number of piperazine rings is 1. The van der Waals surface area contributed by atoms with Gasteiger partial charge in [0.1, 0.15) is 0 Å². The number of aromatic nitrogens is 2. The molecule has 1 N–H and O–H groups in total. The zero-order valence-corrected chi connectivity index (χ0v) is 18.7. The summed E-state index contributed by atoms with van der Waals surface area (Å²) in [6.45, 7) is 6.08. The molecule has 33 heavy (non-hydrogen) atoms. The lowest BCUT2D eigenvalue weighted by Crippen LogP contribution is -2.48. The average molecular weight is 438 g/mol. The first-order valence-corrected chi connectivity index (χ1v) is 11.3. The molecule has 1 amide bonds. The number of carbonyl (C=O) groups excluding carboxylic acids is 1. The molecule has 3 aromatic carbocycles. The van der Waals surface area contributed by atoms with E-state index in [1.165, 1.54) is 11.3 Å². The number of amides is 1. The highest BCUT2D eigenvalue weighted by atomic mass is 16.2. The maximum absolute atomic E-state index is 12.7. The fourth-order valence-electron chi connectivity index (χ4n) is 4.18. The molecule has 0 atom stereocenters. The van der Waals surface area contributed by atoms with Gasteiger partial charge in [-0.05, 0) is 43.3 Å². The molecule has 1 aliphatic heterocycles. The van der Waals surface area contributed by atoms with Gasteiger partial charge in [-0.1, -0.05) is 42.0 Å². The minimum Gasteiger partial charge on any atom is -0.369 e. The van der Waals surface area contributed by atoms with Crippen molar-refractivity contribution in [1.29, 1.82) is 0 Å². The normalized spacial score (nSPS) is 14.4. The number of hydrogen-bond donors (Lipinski definition) is 1. The molecule has 2 heterocycles. The number of nitrogens with zero attached hydrogens (tertiary/aromatic N) is 4. The second kappa shape index (κ2) is 9.38. The highest BCUT2D eigenvalue weighted by molar-refractivity contribution is 5.93. The lowest BCUT2D eigenvalue weighted by atomic mass is 10.1. The number of rotatable bonds is 5. The minimum atomic E-state index is 0.000492. The van der Waals surface area contributed by atoms with Gasteiger partial charge in [0.15, 0.2) is 0 Å². The van der Waals surface area contributed by atoms with E-state index in [4.69, 9.17) is 4.98 Å². The van der Waals surface area contributed by atoms with Crippen LogP contribution in [0.5, 0.6) is 0 Å². The molecule has 0 saturated carbocycles. The zero-order chi connectivity index (χ0) is 22.6. The van der Waals surface area contributed by atoms with E-state index < -0.39 is 0 Å². The molecule has 1 saturated heterocycles. The third-order valence-electron chi connectivity index (χ3n) is 6.03. The molecule has 0 radical (unpaired) electrons. The standard InChI is InChI=1S/C27H27N5O/c1-20-9-11-23(12-10-20)32-15-13-31(14-16-32)19-27(33)29-22-6-4-5-21(17-22)26-18-28-24-7-2-3-8-25(24)30-26/h2-12,17-18H,13-16,19H2,1H3,(H,29,33). The van der Waals surface area contributed by atoms with Crippen LogP contribution >= 0.6 is 0 Å². The molecule has 4 aromatic rings. The van der Waals surface area contributed by atoms with E-state index in [0.29, 0.717) is 6.54 Å². The summed E-state index contributed by atoms with van der Waals surface area (Å²) in [6, 6.07) is 24.2. The smallest absolute Gasteiger partial charge is 0.238 e. The first-order valence-electron chi connectivity index (χ1n) is 11.3. The van der Waals surface area contributed by atoms with Gasteiger partial charge in [-0.25, -0.2) is 4.98 Å². The second-order valence-electron chi connectivity index (χ2n) is 8.47. The van der Waals surface area contributed by atoms with Crippen molar-refractivity contribution in [3.05, 3.63) is 84.6 Å². The third-order valence-corrected chi connectivity index (χ3v) is 6.03. The molecule has 1 fully saturated rings. The Morgan fingerprint density at radius 1 is 0.909 bits per heavy atom. The number of carbonyl (C=O) groups is 1. The van der Waals surface area contributed by atoms with Gasteiger partial charge in [0.2, 0.25) is 5.91 Å². The van der Waals surface area contributed by atoms with E-state index in [9.17, 15) is 4.79 Å². The quantitative estimate of drug-likeness (QED) is 0.503. The molecular weight excluding hydrogens is 410 g/mol. The lowest BCUT2D eigenvalue weighted by Gasteiger charge is -2.35. The van der Waals surface area contributed by atoms with E-state index in [1.807, 2.05) is 48.5 Å². The molecular formula is C27H27N5O. The molecule has 0 aliphatic carbocycles. The fraction of sp³-hybridized carbons (Fsp3) is 0.222. The van der Waals surface area contributed by atoms with Crippen LogP contribution in [0.2, 0.25) is 0 Å². The number of nitrogens with one attached hydrogen (secondary N) is 1. The number of para-hydroxylation sites is 2. The second-order valence-corrected chi connectivity index (χ2v) is 8.47. The summed E-state index contributed by atoms with van der Waals surface area (Å²) in [4.78, 5) is 26.5. The number of hydrogen-bond acceptors (Lipinski definition) is 5. The van der Waals surface area contributed by atoms with Crippen molar-refractivity contribution in [2.75, 3.05) is 42.9 Å². The number of fused-ring (bicyclic) bond motifs is 1. The first kappa shape index (κ1) is 21.1. The number of aryl methyl sites for hydroxylation is 1. The van der Waals surface area contributed by atoms with E-state index in [-0.39, 0.29) is 5.91 Å². The molecule has 5 rings (SSSR count). The van der Waals surface area contributed by atoms with Crippen molar-refractivity contribution in [2.45, 2.75) is 6.92 Å². The van der Waals surface area contributed by atoms with Gasteiger partial charge < -0.3 is 10.2 Å². The molecule has 6 nitrogen and oxygen atoms in total. The van der Waals surface area contributed by atoms with Crippen molar-refractivity contribution >= 4 is 28.3 Å². The van der Waals surface area contributed by atoms with Crippen LogP contribution in [-0.2, 0) is 4.79 Å². The minimum absolute atomic E-state index is 0.000492. The molecule has 6 heteroatoms. The summed E-state index contributed by atoms with van der Waals surface area (Å²) in [5, 5.41) is 3.04. The summed E-state index contributed by atoms with van der Waals surface area (Å²) in [5.74, 6) is 0.000492. The monoisotopic (exact) mass is 437 g/mol. The molecule has 0 bridgehead atoms. The van der Waals surface area contributed by atoms with Gasteiger partial charge in [-0.2, -0.15) is 0 Å². The van der Waals surface area contributed by atoms with Crippen molar-refractivity contribution in [2.24, 2.45) is 0 Å². The van der Waals surface area contributed by atoms with Crippen LogP contribution < -0.4 is 10.2 Å². The molecule has 166 valence electrons. The van der Waals surface area contributed by atoms with E-state index in [2.05, 4.69) is 51.3 Å². The molecule has 1 aromatic heterocycles. The van der Waals surface area contributed by atoms with Crippen LogP contribution in [0.3, 0.4) is 0 Å². The van der Waals surface area contributed by atoms with Crippen LogP contribution in [0, 0.1) is 6.92 Å². The average Bonchev–Trinajstić information content (AvgIpc) is 2.85. The van der Waals surface area contributed by atoms with Crippen LogP contribution in [0.25, 0.3) is 22.3 Å². The Kier molecular flexibility index (Phi) is 6.00. The Morgan fingerprint density at radius 3 is 2.45 bits per heavy atom. The summed E-state index contributed by atoms with van der Waals surface area (Å²) < 4.78 is 0. The largest absolute Gasteiger partial charge is 0.369 e. The summed E-state index contributed by atoms with van der Waals surface area (Å²) in [5.41, 5.74) is 6.73. The van der Waals surface area contributed by atoms with Gasteiger partial charge in [-0.3, -0.25) is 14.7 Å². The van der Waals surface area contributed by atoms with Gasteiger partial charge in [0, 0.05) is 43.1 Å². The maximum Gasteiger partial charge on any atom is 0.238 e. The first-order chi connectivity index (χ1) is 16.1. The summed E-state index contributed by atoms with van der Waals surface area (Å²) in [7, 11) is 0. The third kappa shape index (κ3) is 5.02. The Morgan fingerprint density at radius 2 is 1.67 bits per heavy atom. The number of benzene rings is 3. The number of anilines is 2. The van der Waals surface area contributed by atoms with E-state index in [1.54, 1.807) is 6.20 Å². The predicted octanol–water partition coefficient (Wildman–Crippen LogP) is 4.37. The fourth-order valence-corrected chi connectivity index (χ4v) is 4.18. The Labute approximate surface area is 193 Å². The molecule has 1 aliphatic rings. The Hall–Kier alpha value is -3.77. The highest BCUT2D eigenvalue weighted by Crippen LogP contribution is 2.22. The molecule has 0 unspecified atom stereocenters. The van der Waals surface area contributed by atoms with Crippen molar-refractivity contribution in [1.82, 2.24) is 14.9 Å². The van der Waals surface area contributed by atoms with Crippen molar-refractivity contribution in [3.63, 3.8) is 0 Å². The SMILES string of the molecule is Cc1ccc(N2CCN(CC(=O)Nc3cccc(-c4cnc5ccccc5n4)c3)CC2)cc1. The van der Waals surface area contributed by atoms with Crippen LogP contribution in [0.15, 0.2) is 79.0 Å². The van der Waals surface area contributed by atoms with Gasteiger partial charge in [0.25, 0.3) is 0 Å². The Balaban J connectivity index is 1.19. The van der Waals surface area contributed by atoms with Crippen LogP contribution in [0.4, 0.5) is 11.4 Å². The van der Waals surface area contributed by atoms with Crippen LogP contribution in [-0.4, -0.2) is 53.5 Å². The molecule has 0 spiro atoms. The highest BCUT2D eigenvalue weighted by Gasteiger charge is 2.19. The van der Waals surface area contributed by atoms with Gasteiger partial charge >= 0.3 is 0 Å². The van der Waals surface area contributed by atoms with Crippen LogP contribution in [0.1, 0.15) is 5.56 Å². The van der Waals surface area contributed by atoms with Gasteiger partial charge in [-0.15, -0.1) is 0 Å².